The van der Waals surface area contributed by atoms with Crippen molar-refractivity contribution in [2.45, 2.75) is 66.0 Å². The molecule has 1 aromatic heterocycles. The van der Waals surface area contributed by atoms with E-state index in [1.165, 1.54) is 19.3 Å². The lowest BCUT2D eigenvalue weighted by Gasteiger charge is -2.43. The summed E-state index contributed by atoms with van der Waals surface area (Å²) in [6.45, 7) is 9.50. The van der Waals surface area contributed by atoms with Gasteiger partial charge in [0.15, 0.2) is 5.69 Å². The largest absolute Gasteiger partial charge is 0.347 e. The lowest BCUT2D eigenvalue weighted by atomic mass is 9.68. The van der Waals surface area contributed by atoms with E-state index in [2.05, 4.69) is 32.2 Å². The molecule has 2 bridgehead atoms. The van der Waals surface area contributed by atoms with Crippen LogP contribution < -0.4 is 5.32 Å². The highest BCUT2D eigenvalue weighted by atomic mass is 35.5. The van der Waals surface area contributed by atoms with E-state index in [4.69, 9.17) is 28.3 Å². The molecule has 3 unspecified atom stereocenters. The van der Waals surface area contributed by atoms with E-state index in [1.54, 1.807) is 0 Å². The Morgan fingerprint density at radius 1 is 1.17 bits per heavy atom. The highest BCUT2D eigenvalue weighted by molar-refractivity contribution is 6.31. The minimum atomic E-state index is -0.0687. The van der Waals surface area contributed by atoms with Crippen LogP contribution in [0.1, 0.15) is 72.8 Å². The average Bonchev–Trinajstić information content (AvgIpc) is 3.49. The van der Waals surface area contributed by atoms with E-state index in [1.807, 2.05) is 41.9 Å². The van der Waals surface area contributed by atoms with Crippen molar-refractivity contribution in [3.8, 4) is 11.3 Å². The molecule has 3 atom stereocenters. The van der Waals surface area contributed by atoms with Gasteiger partial charge < -0.3 is 5.32 Å². The zero-order valence-corrected chi connectivity index (χ0v) is 22.2. The van der Waals surface area contributed by atoms with Crippen LogP contribution in [-0.2, 0) is 13.0 Å². The first kappa shape index (κ1) is 23.1. The molecule has 0 saturated heterocycles. The van der Waals surface area contributed by atoms with Crippen LogP contribution in [0.15, 0.2) is 36.4 Å². The predicted molar refractivity (Wildman–Crippen MR) is 141 cm³/mol. The summed E-state index contributed by atoms with van der Waals surface area (Å²) in [7, 11) is 0. The van der Waals surface area contributed by atoms with Crippen molar-refractivity contribution in [3.05, 3.63) is 74.4 Å². The SMILES string of the molecule is Cc1ccc(Cn2nc(C(=O)NC3C4(C)CCC(C4)C3(C)C)c3c2-c2ccc(Cl)cc2C3)c(Cl)c1. The molecule has 1 heterocycles. The maximum absolute atomic E-state index is 13.8. The van der Waals surface area contributed by atoms with Gasteiger partial charge in [-0.2, -0.15) is 5.10 Å². The molecular weight excluding hydrogens is 477 g/mol. The summed E-state index contributed by atoms with van der Waals surface area (Å²) in [5.74, 6) is 0.594. The van der Waals surface area contributed by atoms with E-state index in [9.17, 15) is 4.79 Å². The van der Waals surface area contributed by atoms with Crippen molar-refractivity contribution in [1.82, 2.24) is 15.1 Å². The Labute approximate surface area is 217 Å². The Bertz CT molecular complexity index is 1370. The molecule has 1 N–H and O–H groups in total. The number of benzene rings is 2. The molecule has 6 rings (SSSR count). The number of hydrogen-bond donors (Lipinski definition) is 1. The van der Waals surface area contributed by atoms with Crippen LogP contribution in [0.3, 0.4) is 0 Å². The van der Waals surface area contributed by atoms with Gasteiger partial charge in [0.25, 0.3) is 5.91 Å². The average molecular weight is 508 g/mol. The number of aryl methyl sites for hydroxylation is 1. The third-order valence-electron chi connectivity index (χ3n) is 9.03. The van der Waals surface area contributed by atoms with Gasteiger partial charge in [-0.05, 0) is 77.8 Å². The third-order valence-corrected chi connectivity index (χ3v) is 9.62. The first-order valence-electron chi connectivity index (χ1n) is 12.5. The molecule has 0 radical (unpaired) electrons. The summed E-state index contributed by atoms with van der Waals surface area (Å²) in [6.07, 6.45) is 4.28. The molecular formula is C29H31Cl2N3O. The topological polar surface area (TPSA) is 46.9 Å². The fourth-order valence-corrected chi connectivity index (χ4v) is 7.69. The number of halogens is 2. The van der Waals surface area contributed by atoms with Gasteiger partial charge in [-0.25, -0.2) is 0 Å². The molecule has 4 nitrogen and oxygen atoms in total. The fraction of sp³-hybridized carbons (Fsp3) is 0.448. The van der Waals surface area contributed by atoms with Gasteiger partial charge in [0.1, 0.15) is 0 Å². The summed E-state index contributed by atoms with van der Waals surface area (Å²) in [5.41, 5.74) is 7.07. The Balaban J connectivity index is 1.40. The smallest absolute Gasteiger partial charge is 0.272 e. The lowest BCUT2D eigenvalue weighted by Crippen LogP contribution is -2.52. The summed E-state index contributed by atoms with van der Waals surface area (Å²) >= 11 is 12.9. The van der Waals surface area contributed by atoms with Gasteiger partial charge in [0, 0.05) is 33.6 Å². The van der Waals surface area contributed by atoms with Crippen molar-refractivity contribution >= 4 is 29.1 Å². The van der Waals surface area contributed by atoms with Crippen LogP contribution in [-0.4, -0.2) is 21.7 Å². The summed E-state index contributed by atoms with van der Waals surface area (Å²) in [4.78, 5) is 13.8. The molecule has 6 heteroatoms. The molecule has 1 amide bonds. The number of amides is 1. The standard InChI is InChI=1S/C29H31Cl2N3O/c1-16-5-6-17(23(31)11-16)15-34-25-21-8-7-20(30)12-18(21)13-22(25)24(33-34)26(35)32-27-28(2,3)19-9-10-29(27,4)14-19/h5-8,11-12,19,27H,9-10,13-15H2,1-4H3,(H,32,35). The van der Waals surface area contributed by atoms with E-state index in [0.717, 1.165) is 33.5 Å². The minimum absolute atomic E-state index is 0.0687. The van der Waals surface area contributed by atoms with Gasteiger partial charge in [-0.15, -0.1) is 0 Å². The molecule has 3 aliphatic rings. The van der Waals surface area contributed by atoms with Crippen LogP contribution in [0.4, 0.5) is 0 Å². The summed E-state index contributed by atoms with van der Waals surface area (Å²) < 4.78 is 1.95. The van der Waals surface area contributed by atoms with Gasteiger partial charge in [0.05, 0.1) is 12.2 Å². The number of fused-ring (bicyclic) bond motifs is 5. The van der Waals surface area contributed by atoms with Crippen molar-refractivity contribution in [1.29, 1.82) is 0 Å². The van der Waals surface area contributed by atoms with E-state index in [-0.39, 0.29) is 22.8 Å². The molecule has 2 saturated carbocycles. The Morgan fingerprint density at radius 2 is 1.97 bits per heavy atom. The maximum Gasteiger partial charge on any atom is 0.272 e. The number of nitrogens with zero attached hydrogens (tertiary/aromatic N) is 2. The maximum atomic E-state index is 13.8. The van der Waals surface area contributed by atoms with E-state index in [0.29, 0.717) is 34.6 Å². The first-order valence-corrected chi connectivity index (χ1v) is 13.3. The van der Waals surface area contributed by atoms with Gasteiger partial charge in [-0.3, -0.25) is 9.48 Å². The van der Waals surface area contributed by atoms with Gasteiger partial charge in [0.2, 0.25) is 0 Å². The number of carbonyl (C=O) groups excluding carboxylic acids is 1. The van der Waals surface area contributed by atoms with Crippen molar-refractivity contribution in [2.24, 2.45) is 16.7 Å². The predicted octanol–water partition coefficient (Wildman–Crippen LogP) is 7.06. The van der Waals surface area contributed by atoms with E-state index >= 15 is 0 Å². The number of carbonyl (C=O) groups is 1. The summed E-state index contributed by atoms with van der Waals surface area (Å²) in [5, 5.41) is 9.77. The van der Waals surface area contributed by atoms with Crippen molar-refractivity contribution < 1.29 is 4.79 Å². The molecule has 0 aliphatic heterocycles. The molecule has 2 fully saturated rings. The van der Waals surface area contributed by atoms with Gasteiger partial charge >= 0.3 is 0 Å². The monoisotopic (exact) mass is 507 g/mol. The number of rotatable bonds is 4. The quantitative estimate of drug-likeness (QED) is 0.321. The fourth-order valence-electron chi connectivity index (χ4n) is 7.20. The normalized spacial score (nSPS) is 25.5. The van der Waals surface area contributed by atoms with Crippen molar-refractivity contribution in [3.63, 3.8) is 0 Å². The Morgan fingerprint density at radius 3 is 2.69 bits per heavy atom. The molecule has 0 spiro atoms. The summed E-state index contributed by atoms with van der Waals surface area (Å²) in [6, 6.07) is 12.2. The molecule has 3 aliphatic carbocycles. The number of nitrogens with one attached hydrogen (secondary N) is 1. The van der Waals surface area contributed by atoms with Crippen LogP contribution in [0.25, 0.3) is 11.3 Å². The van der Waals surface area contributed by atoms with Crippen LogP contribution >= 0.6 is 23.2 Å². The highest BCUT2D eigenvalue weighted by Gasteiger charge is 2.59. The number of aromatic nitrogens is 2. The minimum Gasteiger partial charge on any atom is -0.347 e. The molecule has 35 heavy (non-hydrogen) atoms. The lowest BCUT2D eigenvalue weighted by molar-refractivity contribution is 0.0731. The third kappa shape index (κ3) is 3.55. The van der Waals surface area contributed by atoms with Gasteiger partial charge in [-0.1, -0.05) is 62.2 Å². The number of hydrogen-bond acceptors (Lipinski definition) is 2. The Kier molecular flexibility index (Phi) is 5.18. The second-order valence-corrected chi connectivity index (χ2v) is 12.6. The zero-order chi connectivity index (χ0) is 24.7. The second kappa shape index (κ2) is 7.85. The van der Waals surface area contributed by atoms with E-state index < -0.39 is 0 Å². The highest BCUT2D eigenvalue weighted by Crippen LogP contribution is 2.62. The first-order chi connectivity index (χ1) is 16.6. The molecule has 182 valence electrons. The van der Waals surface area contributed by atoms with Crippen molar-refractivity contribution in [2.75, 3.05) is 0 Å². The molecule has 2 aromatic carbocycles. The second-order valence-electron chi connectivity index (χ2n) is 11.7. The van der Waals surface area contributed by atoms with Crippen LogP contribution in [0, 0.1) is 23.7 Å². The van der Waals surface area contributed by atoms with Crippen LogP contribution in [0.5, 0.6) is 0 Å². The zero-order valence-electron chi connectivity index (χ0n) is 20.7. The Hall–Kier alpha value is -2.30. The molecule has 3 aromatic rings. The van der Waals surface area contributed by atoms with Crippen LogP contribution in [0.2, 0.25) is 10.0 Å².